The summed E-state index contributed by atoms with van der Waals surface area (Å²) < 4.78 is 11.5. The maximum absolute atomic E-state index is 12.4. The van der Waals surface area contributed by atoms with E-state index in [0.29, 0.717) is 5.69 Å². The monoisotopic (exact) mass is 398 g/mol. The van der Waals surface area contributed by atoms with Crippen molar-refractivity contribution in [2.75, 3.05) is 5.32 Å². The van der Waals surface area contributed by atoms with Gasteiger partial charge in [0.1, 0.15) is 0 Å². The normalized spacial score (nSPS) is 10.9. The van der Waals surface area contributed by atoms with Gasteiger partial charge in [-0.3, -0.25) is 0 Å². The quantitative estimate of drug-likeness (QED) is 0.690. The zero-order valence-electron chi connectivity index (χ0n) is 10.6. The number of hydrogen-bond acceptors (Lipinski definition) is 3. The third-order valence-electron chi connectivity index (χ3n) is 2.97. The summed E-state index contributed by atoms with van der Waals surface area (Å²) in [6.45, 7) is 2.74. The molecule has 0 saturated carbocycles. The Morgan fingerprint density at radius 3 is 3.10 bits per heavy atom. The van der Waals surface area contributed by atoms with Gasteiger partial charge in [0, 0.05) is 0 Å². The van der Waals surface area contributed by atoms with Crippen molar-refractivity contribution in [2.24, 2.45) is 0 Å². The molecule has 3 aromatic rings. The maximum atomic E-state index is 12.4. The molecule has 2 aromatic heterocycles. The van der Waals surface area contributed by atoms with E-state index in [1.165, 1.54) is 0 Å². The van der Waals surface area contributed by atoms with Crippen LogP contribution in [0.1, 0.15) is 17.4 Å². The number of nitrogens with zero attached hydrogens (tertiary/aromatic N) is 3. The number of fused-ring (bicyclic) bond motifs is 1. The van der Waals surface area contributed by atoms with Crippen LogP contribution < -0.4 is 5.32 Å². The second kappa shape index (κ2) is 5.52. The number of aromatic nitrogens is 3. The van der Waals surface area contributed by atoms with Crippen LogP contribution in [0.5, 0.6) is 0 Å². The van der Waals surface area contributed by atoms with E-state index in [-0.39, 0.29) is 20.9 Å². The fourth-order valence-electron chi connectivity index (χ4n) is 2.02. The molecule has 0 aliphatic rings. The van der Waals surface area contributed by atoms with Crippen LogP contribution in [0.25, 0.3) is 11.0 Å². The van der Waals surface area contributed by atoms with Crippen LogP contribution in [0.4, 0.5) is 5.69 Å². The number of nitrogens with one attached hydrogen (secondary N) is 1. The SMILES string of the molecule is CCn1cc(Br)cc1C(=O)Nc1cccc2n[se]nc12. The molecule has 0 unspecified atom stereocenters. The minimum absolute atomic E-state index is 0.101. The molecule has 1 aromatic carbocycles. The number of carbonyl (C=O) groups is 1. The summed E-state index contributed by atoms with van der Waals surface area (Å²) >= 11 is 3.29. The third-order valence-corrected chi connectivity index (χ3v) is 4.54. The molecule has 1 N–H and O–H groups in total. The number of amides is 1. The number of anilines is 1. The zero-order chi connectivity index (χ0) is 14.1. The summed E-state index contributed by atoms with van der Waals surface area (Å²) in [5.41, 5.74) is 2.98. The fourth-order valence-corrected chi connectivity index (χ4v) is 3.64. The van der Waals surface area contributed by atoms with Gasteiger partial charge in [-0.15, -0.1) is 0 Å². The van der Waals surface area contributed by atoms with E-state index >= 15 is 0 Å². The van der Waals surface area contributed by atoms with Crippen molar-refractivity contribution in [1.82, 2.24) is 12.5 Å². The predicted octanol–water partition coefficient (Wildman–Crippen LogP) is 2.52. The van der Waals surface area contributed by atoms with Crippen LogP contribution in [-0.2, 0) is 6.54 Å². The summed E-state index contributed by atoms with van der Waals surface area (Å²) in [4.78, 5) is 12.4. The van der Waals surface area contributed by atoms with Gasteiger partial charge in [0.05, 0.1) is 0 Å². The van der Waals surface area contributed by atoms with Gasteiger partial charge < -0.3 is 0 Å². The van der Waals surface area contributed by atoms with Crippen LogP contribution in [0.2, 0.25) is 0 Å². The standard InChI is InChI=1S/C13H11BrN4OSe/c1-2-18-7-8(14)6-11(18)13(19)15-9-4-3-5-10-12(9)17-20-16-10/h3-7H,2H2,1H3,(H,15,19). The second-order valence-electron chi connectivity index (χ2n) is 4.22. The molecule has 0 aliphatic heterocycles. The molecule has 0 saturated heterocycles. The van der Waals surface area contributed by atoms with Crippen molar-refractivity contribution in [3.63, 3.8) is 0 Å². The molecule has 102 valence electrons. The third kappa shape index (κ3) is 2.44. The molecule has 0 atom stereocenters. The molecule has 5 nitrogen and oxygen atoms in total. The predicted molar refractivity (Wildman–Crippen MR) is 82.2 cm³/mol. The summed E-state index contributed by atoms with van der Waals surface area (Å²) in [5, 5.41) is 2.92. The van der Waals surface area contributed by atoms with Gasteiger partial charge in [0.25, 0.3) is 0 Å². The molecule has 0 radical (unpaired) electrons. The van der Waals surface area contributed by atoms with Gasteiger partial charge in [-0.2, -0.15) is 0 Å². The first-order valence-corrected chi connectivity index (χ1v) is 8.40. The van der Waals surface area contributed by atoms with Gasteiger partial charge >= 0.3 is 130 Å². The molecule has 3 rings (SSSR count). The molecule has 2 heterocycles. The topological polar surface area (TPSA) is 59.8 Å². The fraction of sp³-hybridized carbons (Fsp3) is 0.154. The van der Waals surface area contributed by atoms with Gasteiger partial charge in [0.15, 0.2) is 0 Å². The Morgan fingerprint density at radius 2 is 2.30 bits per heavy atom. The zero-order valence-corrected chi connectivity index (χ0v) is 13.9. The van der Waals surface area contributed by atoms with Crippen LogP contribution in [-0.4, -0.2) is 33.4 Å². The number of carbonyl (C=O) groups excluding carboxylic acids is 1. The Labute approximate surface area is 130 Å². The summed E-state index contributed by atoms with van der Waals surface area (Å²) in [6, 6.07) is 7.46. The number of hydrogen-bond donors (Lipinski definition) is 1. The molecule has 20 heavy (non-hydrogen) atoms. The van der Waals surface area contributed by atoms with Gasteiger partial charge in [-0.25, -0.2) is 0 Å². The van der Waals surface area contributed by atoms with Crippen molar-refractivity contribution in [3.05, 3.63) is 40.6 Å². The van der Waals surface area contributed by atoms with Gasteiger partial charge in [-0.05, 0) is 0 Å². The van der Waals surface area contributed by atoms with E-state index in [9.17, 15) is 4.79 Å². The van der Waals surface area contributed by atoms with E-state index in [1.807, 2.05) is 42.0 Å². The van der Waals surface area contributed by atoms with Crippen molar-refractivity contribution in [1.29, 1.82) is 0 Å². The molecule has 0 fully saturated rings. The van der Waals surface area contributed by atoms with Crippen molar-refractivity contribution >= 4 is 53.5 Å². The number of halogens is 1. The Hall–Kier alpha value is -1.43. The molecule has 0 spiro atoms. The van der Waals surface area contributed by atoms with E-state index < -0.39 is 0 Å². The van der Waals surface area contributed by atoms with Crippen LogP contribution in [0, 0.1) is 0 Å². The van der Waals surface area contributed by atoms with Crippen LogP contribution >= 0.6 is 15.9 Å². The number of rotatable bonds is 3. The Kier molecular flexibility index (Phi) is 3.74. The first-order chi connectivity index (χ1) is 9.69. The average Bonchev–Trinajstić information content (AvgIpc) is 3.05. The summed E-state index contributed by atoms with van der Waals surface area (Å²) in [7, 11) is 0. The van der Waals surface area contributed by atoms with Crippen molar-refractivity contribution in [2.45, 2.75) is 13.5 Å². The van der Waals surface area contributed by atoms with Crippen LogP contribution in [0.15, 0.2) is 34.9 Å². The minimum atomic E-state index is -0.138. The number of aryl methyl sites for hydroxylation is 1. The molecule has 7 heteroatoms. The number of benzene rings is 1. The molecule has 0 aliphatic carbocycles. The van der Waals surface area contributed by atoms with Gasteiger partial charge in [0.2, 0.25) is 0 Å². The summed E-state index contributed by atoms with van der Waals surface area (Å²) in [6.07, 6.45) is 1.90. The van der Waals surface area contributed by atoms with Gasteiger partial charge in [-0.1, -0.05) is 0 Å². The van der Waals surface area contributed by atoms with Crippen molar-refractivity contribution in [3.8, 4) is 0 Å². The Balaban J connectivity index is 1.94. The first-order valence-electron chi connectivity index (χ1n) is 6.07. The van der Waals surface area contributed by atoms with E-state index in [2.05, 4.69) is 29.2 Å². The van der Waals surface area contributed by atoms with E-state index in [1.54, 1.807) is 0 Å². The van der Waals surface area contributed by atoms with E-state index in [0.717, 1.165) is 27.7 Å². The van der Waals surface area contributed by atoms with Crippen LogP contribution in [0.3, 0.4) is 0 Å². The Morgan fingerprint density at radius 1 is 1.45 bits per heavy atom. The molecular weight excluding hydrogens is 387 g/mol. The first kappa shape index (κ1) is 13.5. The second-order valence-corrected chi connectivity index (χ2v) is 6.25. The van der Waals surface area contributed by atoms with E-state index in [4.69, 9.17) is 0 Å². The average molecular weight is 398 g/mol. The Bertz CT molecular complexity index is 780. The molecule has 0 bridgehead atoms. The molecular formula is C13H11BrN4OSe. The van der Waals surface area contributed by atoms with Crippen molar-refractivity contribution < 1.29 is 4.79 Å². The molecule has 1 amide bonds. The summed E-state index contributed by atoms with van der Waals surface area (Å²) in [5.74, 6) is -0.138.